The van der Waals surface area contributed by atoms with Crippen molar-refractivity contribution in [2.24, 2.45) is 0 Å². The highest BCUT2D eigenvalue weighted by molar-refractivity contribution is 7.80. The number of ether oxygens (including phenoxy) is 2. The summed E-state index contributed by atoms with van der Waals surface area (Å²) in [6.45, 7) is 2.91. The Bertz CT molecular complexity index is 1150. The predicted octanol–water partition coefficient (Wildman–Crippen LogP) is 5.76. The highest BCUT2D eigenvalue weighted by atomic mass is 35.5. The van der Waals surface area contributed by atoms with Crippen LogP contribution < -0.4 is 14.8 Å². The molecule has 0 bridgehead atoms. The van der Waals surface area contributed by atoms with Crippen LogP contribution in [0.2, 0.25) is 5.02 Å². The number of halogens is 1. The number of nitrogens with zero attached hydrogens (tertiary/aromatic N) is 1. The molecule has 0 aliphatic rings. The van der Waals surface area contributed by atoms with Crippen molar-refractivity contribution < 1.29 is 19.4 Å². The van der Waals surface area contributed by atoms with E-state index in [1.165, 1.54) is 0 Å². The molecule has 0 spiro atoms. The second-order valence-corrected chi connectivity index (χ2v) is 8.24. The van der Waals surface area contributed by atoms with Gasteiger partial charge in [-0.1, -0.05) is 29.8 Å². The van der Waals surface area contributed by atoms with Crippen molar-refractivity contribution in [2.45, 2.75) is 20.0 Å². The van der Waals surface area contributed by atoms with Gasteiger partial charge in [0.15, 0.2) is 16.6 Å². The van der Waals surface area contributed by atoms with Gasteiger partial charge in [-0.15, -0.1) is 0 Å². The monoisotopic (exact) mass is 484 g/mol. The molecule has 0 radical (unpaired) electrons. The number of aromatic carboxylic acids is 1. The number of anilines is 1. The number of aryl methyl sites for hydroxylation is 1. The molecule has 0 saturated heterocycles. The van der Waals surface area contributed by atoms with E-state index in [1.54, 1.807) is 38.5 Å². The summed E-state index contributed by atoms with van der Waals surface area (Å²) < 4.78 is 10.8. The predicted molar refractivity (Wildman–Crippen MR) is 135 cm³/mol. The van der Waals surface area contributed by atoms with Crippen LogP contribution in [0.15, 0.2) is 60.7 Å². The van der Waals surface area contributed by atoms with E-state index >= 15 is 0 Å². The van der Waals surface area contributed by atoms with Gasteiger partial charge < -0.3 is 24.8 Å². The third kappa shape index (κ3) is 6.37. The van der Waals surface area contributed by atoms with Crippen molar-refractivity contribution in [1.82, 2.24) is 4.90 Å². The van der Waals surface area contributed by atoms with Crippen LogP contribution in [-0.2, 0) is 13.1 Å². The molecule has 0 saturated carbocycles. The first-order valence-corrected chi connectivity index (χ1v) is 10.9. The molecule has 0 aromatic heterocycles. The lowest BCUT2D eigenvalue weighted by molar-refractivity contribution is 0.0697. The average Bonchev–Trinajstić information content (AvgIpc) is 2.81. The summed E-state index contributed by atoms with van der Waals surface area (Å²) in [4.78, 5) is 13.2. The maximum absolute atomic E-state index is 11.2. The van der Waals surface area contributed by atoms with Gasteiger partial charge in [0.2, 0.25) is 0 Å². The summed E-state index contributed by atoms with van der Waals surface area (Å²) >= 11 is 11.9. The first-order valence-electron chi connectivity index (χ1n) is 10.2. The number of carboxylic acids is 1. The summed E-state index contributed by atoms with van der Waals surface area (Å²) in [6.07, 6.45) is 0. The van der Waals surface area contributed by atoms with Crippen LogP contribution in [0.4, 0.5) is 5.69 Å². The van der Waals surface area contributed by atoms with Crippen LogP contribution in [-0.4, -0.2) is 35.3 Å². The molecule has 0 heterocycles. The molecule has 172 valence electrons. The average molecular weight is 485 g/mol. The molecule has 3 rings (SSSR count). The van der Waals surface area contributed by atoms with E-state index < -0.39 is 5.97 Å². The zero-order valence-electron chi connectivity index (χ0n) is 18.6. The van der Waals surface area contributed by atoms with Crippen LogP contribution in [0.5, 0.6) is 11.5 Å². The number of carbonyl (C=O) groups is 1. The number of nitrogens with one attached hydrogen (secondary N) is 1. The van der Waals surface area contributed by atoms with Crippen LogP contribution in [0.1, 0.15) is 27.0 Å². The van der Waals surface area contributed by atoms with Gasteiger partial charge in [0.25, 0.3) is 0 Å². The second-order valence-electron chi connectivity index (χ2n) is 7.44. The fraction of sp³-hybridized carbons (Fsp3) is 0.200. The summed E-state index contributed by atoms with van der Waals surface area (Å²) in [5.41, 5.74) is 3.92. The summed E-state index contributed by atoms with van der Waals surface area (Å²) in [5.74, 6) is 0.321. The SMILES string of the molecule is COc1ccc(CN(Cc2ccc(C(=O)O)cc2)C(=S)Nc2ccc(Cl)c(C)c2)cc1OC. The number of methoxy groups -OCH3 is 2. The van der Waals surface area contributed by atoms with Gasteiger partial charge in [-0.05, 0) is 78.3 Å². The standard InChI is InChI=1S/C25H25ClN2O4S/c1-16-12-20(9-10-21(16)26)27-25(33)28(14-17-4-7-19(8-5-17)24(29)30)15-18-6-11-22(31-2)23(13-18)32-3/h4-13H,14-15H2,1-3H3,(H,27,33)(H,29,30). The van der Waals surface area contributed by atoms with Crippen LogP contribution in [0.3, 0.4) is 0 Å². The number of benzene rings is 3. The van der Waals surface area contributed by atoms with Crippen LogP contribution >= 0.6 is 23.8 Å². The molecule has 3 aromatic rings. The zero-order valence-corrected chi connectivity index (χ0v) is 20.2. The lowest BCUT2D eigenvalue weighted by Gasteiger charge is -2.27. The fourth-order valence-electron chi connectivity index (χ4n) is 3.30. The summed E-state index contributed by atoms with van der Waals surface area (Å²) in [5, 5.41) is 13.7. The maximum Gasteiger partial charge on any atom is 0.335 e. The van der Waals surface area contributed by atoms with Crippen molar-refractivity contribution in [1.29, 1.82) is 0 Å². The first-order chi connectivity index (χ1) is 15.8. The Hall–Kier alpha value is -3.29. The molecular weight excluding hydrogens is 460 g/mol. The van der Waals surface area contributed by atoms with Crippen molar-refractivity contribution in [3.8, 4) is 11.5 Å². The Balaban J connectivity index is 1.86. The highest BCUT2D eigenvalue weighted by Crippen LogP contribution is 2.28. The Labute approximate surface area is 203 Å². The first kappa shape index (κ1) is 24.4. The molecule has 8 heteroatoms. The highest BCUT2D eigenvalue weighted by Gasteiger charge is 2.15. The molecule has 0 unspecified atom stereocenters. The molecule has 0 amide bonds. The van der Waals surface area contributed by atoms with E-state index in [0.717, 1.165) is 22.4 Å². The van der Waals surface area contributed by atoms with Gasteiger partial charge in [0.1, 0.15) is 0 Å². The third-order valence-electron chi connectivity index (χ3n) is 5.09. The normalized spacial score (nSPS) is 10.4. The number of carboxylic acid groups (broad SMARTS) is 1. The minimum atomic E-state index is -0.959. The molecule has 2 N–H and O–H groups in total. The fourth-order valence-corrected chi connectivity index (χ4v) is 3.66. The Kier molecular flexibility index (Phi) is 8.14. The second kappa shape index (κ2) is 11.0. The maximum atomic E-state index is 11.2. The van der Waals surface area contributed by atoms with E-state index in [9.17, 15) is 4.79 Å². The number of rotatable bonds is 8. The van der Waals surface area contributed by atoms with Crippen molar-refractivity contribution in [3.05, 3.63) is 87.9 Å². The number of hydrogen-bond acceptors (Lipinski definition) is 4. The lowest BCUT2D eigenvalue weighted by Crippen LogP contribution is -2.33. The molecule has 0 aliphatic heterocycles. The van der Waals surface area contributed by atoms with Crippen molar-refractivity contribution >= 4 is 40.6 Å². The van der Waals surface area contributed by atoms with E-state index in [2.05, 4.69) is 5.32 Å². The number of hydrogen-bond donors (Lipinski definition) is 2. The molecule has 0 fully saturated rings. The minimum absolute atomic E-state index is 0.238. The topological polar surface area (TPSA) is 71.0 Å². The van der Waals surface area contributed by atoms with Gasteiger partial charge in [0.05, 0.1) is 19.8 Å². The van der Waals surface area contributed by atoms with E-state index in [4.69, 9.17) is 38.4 Å². The van der Waals surface area contributed by atoms with E-state index in [1.807, 2.05) is 48.2 Å². The minimum Gasteiger partial charge on any atom is -0.493 e. The smallest absolute Gasteiger partial charge is 0.335 e. The van der Waals surface area contributed by atoms with E-state index in [-0.39, 0.29) is 5.56 Å². The van der Waals surface area contributed by atoms with Gasteiger partial charge in [-0.2, -0.15) is 0 Å². The summed E-state index contributed by atoms with van der Waals surface area (Å²) in [7, 11) is 3.19. The largest absolute Gasteiger partial charge is 0.493 e. The lowest BCUT2D eigenvalue weighted by atomic mass is 10.1. The molecule has 33 heavy (non-hydrogen) atoms. The molecule has 0 atom stereocenters. The van der Waals surface area contributed by atoms with Gasteiger partial charge >= 0.3 is 5.97 Å². The zero-order chi connectivity index (χ0) is 24.0. The van der Waals surface area contributed by atoms with Crippen molar-refractivity contribution in [2.75, 3.05) is 19.5 Å². The van der Waals surface area contributed by atoms with Crippen molar-refractivity contribution in [3.63, 3.8) is 0 Å². The quantitative estimate of drug-likeness (QED) is 0.393. The Morgan fingerprint density at radius 1 is 0.970 bits per heavy atom. The van der Waals surface area contributed by atoms with Gasteiger partial charge in [0, 0.05) is 23.8 Å². The number of thiocarbonyl (C=S) groups is 1. The third-order valence-corrected chi connectivity index (χ3v) is 5.88. The summed E-state index contributed by atoms with van der Waals surface area (Å²) in [6, 6.07) is 18.1. The van der Waals surface area contributed by atoms with Gasteiger partial charge in [-0.25, -0.2) is 4.79 Å². The molecule has 6 nitrogen and oxygen atoms in total. The molecule has 0 aliphatic carbocycles. The Morgan fingerprint density at radius 2 is 1.61 bits per heavy atom. The van der Waals surface area contributed by atoms with Crippen LogP contribution in [0, 0.1) is 6.92 Å². The van der Waals surface area contributed by atoms with Gasteiger partial charge in [-0.3, -0.25) is 0 Å². The van der Waals surface area contributed by atoms with Crippen LogP contribution in [0.25, 0.3) is 0 Å². The Morgan fingerprint density at radius 3 is 2.21 bits per heavy atom. The van der Waals surface area contributed by atoms with E-state index in [0.29, 0.717) is 34.7 Å². The molecular formula is C25H25ClN2O4S. The molecule has 3 aromatic carbocycles.